The van der Waals surface area contributed by atoms with Crippen molar-refractivity contribution in [2.75, 3.05) is 13.2 Å². The molecule has 1 aliphatic heterocycles. The van der Waals surface area contributed by atoms with E-state index in [0.29, 0.717) is 18.8 Å². The van der Waals surface area contributed by atoms with Crippen LogP contribution in [0.15, 0.2) is 28.9 Å². The maximum atomic E-state index is 8.92. The maximum Gasteiger partial charge on any atom is 0.141 e. The zero-order valence-electron chi connectivity index (χ0n) is 16.0. The Balaban J connectivity index is 0.000000701. The topological polar surface area (TPSA) is 54.6 Å². The van der Waals surface area contributed by atoms with E-state index in [1.807, 2.05) is 19.9 Å². The Morgan fingerprint density at radius 2 is 1.88 bits per heavy atom. The van der Waals surface area contributed by atoms with E-state index in [4.69, 9.17) is 14.3 Å². The molecule has 4 heteroatoms. The number of aliphatic hydroxyl groups is 1. The van der Waals surface area contributed by atoms with Crippen molar-refractivity contribution >= 4 is 16.5 Å². The van der Waals surface area contributed by atoms with Crippen LogP contribution in [0.3, 0.4) is 0 Å². The van der Waals surface area contributed by atoms with Crippen LogP contribution < -0.4 is 10.1 Å². The van der Waals surface area contributed by atoms with E-state index >= 15 is 0 Å². The molecule has 2 N–H and O–H groups in total. The smallest absolute Gasteiger partial charge is 0.141 e. The van der Waals surface area contributed by atoms with Gasteiger partial charge < -0.3 is 19.6 Å². The van der Waals surface area contributed by atoms with Crippen molar-refractivity contribution in [1.29, 1.82) is 0 Å². The van der Waals surface area contributed by atoms with Crippen molar-refractivity contribution in [3.05, 3.63) is 46.9 Å². The highest BCUT2D eigenvalue weighted by molar-refractivity contribution is 5.92. The largest absolute Gasteiger partial charge is 0.461 e. The molecule has 0 amide bonds. The van der Waals surface area contributed by atoms with E-state index < -0.39 is 0 Å². The fraction of sp³-hybridized carbons (Fsp3) is 0.429. The van der Waals surface area contributed by atoms with Crippen molar-refractivity contribution < 1.29 is 14.3 Å². The average molecular weight is 343 g/mol. The second-order valence-electron chi connectivity index (χ2n) is 6.39. The number of aliphatic hydroxyl groups excluding tert-OH is 1. The van der Waals surface area contributed by atoms with Gasteiger partial charge in [-0.15, -0.1) is 0 Å². The van der Waals surface area contributed by atoms with E-state index in [1.54, 1.807) is 0 Å². The molecule has 136 valence electrons. The van der Waals surface area contributed by atoms with Gasteiger partial charge in [0.25, 0.3) is 0 Å². The summed E-state index contributed by atoms with van der Waals surface area (Å²) in [6, 6.07) is 2.13. The van der Waals surface area contributed by atoms with Gasteiger partial charge in [-0.05, 0) is 38.5 Å². The molecule has 3 rings (SSSR count). The summed E-state index contributed by atoms with van der Waals surface area (Å²) in [5, 5.41) is 13.2. The Kier molecular flexibility index (Phi) is 6.45. The van der Waals surface area contributed by atoms with Gasteiger partial charge >= 0.3 is 0 Å². The number of ether oxygens (including phenoxy) is 1. The highest BCUT2D eigenvalue weighted by atomic mass is 16.5. The molecule has 0 aliphatic carbocycles. The normalized spacial score (nSPS) is 13.0. The van der Waals surface area contributed by atoms with Crippen LogP contribution in [0, 0.1) is 13.8 Å². The minimum absolute atomic E-state index is 0.126. The number of aryl methyl sites for hydroxylation is 2. The van der Waals surface area contributed by atoms with Crippen LogP contribution in [0.2, 0.25) is 0 Å². The van der Waals surface area contributed by atoms with E-state index in [0.717, 1.165) is 44.7 Å². The SMILES string of the molecule is C=C1C=C(C)c2cc3c(CNCCO)c(C)oc3c(C)c2O1.CCC. The van der Waals surface area contributed by atoms with E-state index in [1.165, 1.54) is 6.42 Å². The predicted molar refractivity (Wildman–Crippen MR) is 104 cm³/mol. The number of furan rings is 1. The molecular weight excluding hydrogens is 314 g/mol. The summed E-state index contributed by atoms with van der Waals surface area (Å²) in [7, 11) is 0. The van der Waals surface area contributed by atoms with Crippen LogP contribution in [0.1, 0.15) is 49.6 Å². The van der Waals surface area contributed by atoms with Crippen LogP contribution in [0.4, 0.5) is 0 Å². The first-order valence-corrected chi connectivity index (χ1v) is 8.87. The van der Waals surface area contributed by atoms with Gasteiger partial charge in [0.15, 0.2) is 0 Å². The lowest BCUT2D eigenvalue weighted by atomic mass is 9.96. The van der Waals surface area contributed by atoms with Crippen LogP contribution in [-0.2, 0) is 6.54 Å². The van der Waals surface area contributed by atoms with E-state index in [2.05, 4.69) is 38.7 Å². The lowest BCUT2D eigenvalue weighted by Crippen LogP contribution is -2.17. The van der Waals surface area contributed by atoms with Gasteiger partial charge in [0.2, 0.25) is 0 Å². The molecule has 2 aromatic rings. The van der Waals surface area contributed by atoms with E-state index in [9.17, 15) is 0 Å². The summed E-state index contributed by atoms with van der Waals surface area (Å²) in [6.45, 7) is 15.6. The third-order valence-corrected chi connectivity index (χ3v) is 4.09. The fourth-order valence-corrected chi connectivity index (χ4v) is 2.96. The molecule has 0 fully saturated rings. The summed E-state index contributed by atoms with van der Waals surface area (Å²) in [5.41, 5.74) is 5.22. The number of fused-ring (bicyclic) bond motifs is 2. The Hall–Kier alpha value is -2.04. The molecule has 0 atom stereocenters. The molecule has 1 aromatic carbocycles. The van der Waals surface area contributed by atoms with Gasteiger partial charge in [0.05, 0.1) is 6.61 Å². The first-order chi connectivity index (χ1) is 11.9. The maximum absolute atomic E-state index is 8.92. The molecule has 25 heavy (non-hydrogen) atoms. The molecule has 4 nitrogen and oxygen atoms in total. The number of hydrogen-bond donors (Lipinski definition) is 2. The molecule has 1 aliphatic rings. The van der Waals surface area contributed by atoms with Crippen molar-refractivity contribution in [2.24, 2.45) is 0 Å². The molecule has 0 spiro atoms. The third-order valence-electron chi connectivity index (χ3n) is 4.09. The highest BCUT2D eigenvalue weighted by Gasteiger charge is 2.22. The molecule has 0 unspecified atom stereocenters. The van der Waals surface area contributed by atoms with Crippen LogP contribution in [0.5, 0.6) is 5.75 Å². The molecule has 0 radical (unpaired) electrons. The summed E-state index contributed by atoms with van der Waals surface area (Å²) < 4.78 is 11.8. The van der Waals surface area contributed by atoms with Gasteiger partial charge in [0.1, 0.15) is 22.9 Å². The van der Waals surface area contributed by atoms with E-state index in [-0.39, 0.29) is 6.61 Å². The molecule has 0 bridgehead atoms. The van der Waals surface area contributed by atoms with Gasteiger partial charge in [-0.25, -0.2) is 0 Å². The molecule has 1 aromatic heterocycles. The number of allylic oxidation sites excluding steroid dienone is 2. The zero-order valence-corrected chi connectivity index (χ0v) is 16.0. The van der Waals surface area contributed by atoms with Crippen molar-refractivity contribution in [3.8, 4) is 5.75 Å². The fourth-order valence-electron chi connectivity index (χ4n) is 2.96. The molecular formula is C21H29NO3. The Morgan fingerprint density at radius 1 is 1.20 bits per heavy atom. The third kappa shape index (κ3) is 3.97. The van der Waals surface area contributed by atoms with Crippen molar-refractivity contribution in [1.82, 2.24) is 5.32 Å². The summed E-state index contributed by atoms with van der Waals surface area (Å²) in [5.74, 6) is 2.38. The number of rotatable bonds is 4. The van der Waals surface area contributed by atoms with Crippen LogP contribution in [-0.4, -0.2) is 18.3 Å². The first kappa shape index (κ1) is 19.3. The predicted octanol–water partition coefficient (Wildman–Crippen LogP) is 4.86. The summed E-state index contributed by atoms with van der Waals surface area (Å²) in [4.78, 5) is 0. The lowest BCUT2D eigenvalue weighted by Gasteiger charge is -2.20. The Labute approximate surface area is 150 Å². The van der Waals surface area contributed by atoms with Crippen molar-refractivity contribution in [2.45, 2.75) is 47.6 Å². The van der Waals surface area contributed by atoms with Gasteiger partial charge in [-0.1, -0.05) is 26.8 Å². The number of hydrogen-bond acceptors (Lipinski definition) is 4. The van der Waals surface area contributed by atoms with Gasteiger partial charge in [-0.2, -0.15) is 0 Å². The standard InChI is InChI=1S/C18H21NO3.C3H8/c1-10-7-11(2)21-17-12(3)18-15(8-14(10)17)16(13(4)22-18)9-19-5-6-20;1-3-2/h7-8,19-20H,2,5-6,9H2,1,3-4H3;3H2,1-2H3. The minimum Gasteiger partial charge on any atom is -0.461 e. The quantitative estimate of drug-likeness (QED) is 0.779. The van der Waals surface area contributed by atoms with Gasteiger partial charge in [-0.3, -0.25) is 0 Å². The highest BCUT2D eigenvalue weighted by Crippen LogP contribution is 2.41. The summed E-state index contributed by atoms with van der Waals surface area (Å²) in [6.07, 6.45) is 3.20. The average Bonchev–Trinajstić information content (AvgIpc) is 2.86. The minimum atomic E-state index is 0.126. The van der Waals surface area contributed by atoms with Crippen LogP contribution >= 0.6 is 0 Å². The second kappa shape index (κ2) is 8.37. The monoisotopic (exact) mass is 343 g/mol. The van der Waals surface area contributed by atoms with Crippen LogP contribution in [0.25, 0.3) is 16.5 Å². The number of nitrogens with one attached hydrogen (secondary N) is 1. The summed E-state index contributed by atoms with van der Waals surface area (Å²) >= 11 is 0. The van der Waals surface area contributed by atoms with Crippen molar-refractivity contribution in [3.63, 3.8) is 0 Å². The molecule has 0 saturated heterocycles. The number of benzene rings is 1. The second-order valence-corrected chi connectivity index (χ2v) is 6.39. The Bertz CT molecular complexity index is 799. The Morgan fingerprint density at radius 3 is 2.52 bits per heavy atom. The lowest BCUT2D eigenvalue weighted by molar-refractivity contribution is 0.292. The molecule has 2 heterocycles. The zero-order chi connectivity index (χ0) is 18.6. The van der Waals surface area contributed by atoms with Gasteiger partial charge in [0, 0.05) is 35.2 Å². The molecule has 0 saturated carbocycles. The first-order valence-electron chi connectivity index (χ1n) is 8.87.